The molecule has 1 aliphatic heterocycles. The van der Waals surface area contributed by atoms with Gasteiger partial charge in [0.15, 0.2) is 5.82 Å². The van der Waals surface area contributed by atoms with Gasteiger partial charge in [-0.2, -0.15) is 0 Å². The van der Waals surface area contributed by atoms with E-state index in [0.717, 1.165) is 39.3 Å². The number of nitrogen functional groups attached to an aromatic ring is 1. The molecule has 0 saturated carbocycles. The van der Waals surface area contributed by atoms with Gasteiger partial charge < -0.3 is 10.6 Å². The van der Waals surface area contributed by atoms with E-state index in [4.69, 9.17) is 5.73 Å². The third-order valence-corrected chi connectivity index (χ3v) is 2.80. The van der Waals surface area contributed by atoms with E-state index >= 15 is 0 Å². The van der Waals surface area contributed by atoms with Gasteiger partial charge in [-0.05, 0) is 7.05 Å². The van der Waals surface area contributed by atoms with Crippen molar-refractivity contribution in [2.45, 2.75) is 6.54 Å². The number of hydrogen-bond acceptors (Lipinski definition) is 5. The minimum absolute atomic E-state index is 0.494. The van der Waals surface area contributed by atoms with Gasteiger partial charge in [-0.25, -0.2) is 4.68 Å². The highest BCUT2D eigenvalue weighted by atomic mass is 15.4. The van der Waals surface area contributed by atoms with Gasteiger partial charge in [-0.3, -0.25) is 4.90 Å². The van der Waals surface area contributed by atoms with E-state index in [1.54, 1.807) is 10.9 Å². The van der Waals surface area contributed by atoms with Gasteiger partial charge in [0.05, 0.1) is 12.7 Å². The first-order valence-electron chi connectivity index (χ1n) is 5.30. The molecule has 1 saturated heterocycles. The number of piperazine rings is 1. The number of aromatic nitrogens is 3. The van der Waals surface area contributed by atoms with E-state index in [-0.39, 0.29) is 0 Å². The number of anilines is 1. The molecular weight excluding hydrogens is 192 g/mol. The number of hydrogen-bond donors (Lipinski definition) is 1. The second kappa shape index (κ2) is 4.59. The molecular formula is C9H18N6. The summed E-state index contributed by atoms with van der Waals surface area (Å²) in [6, 6.07) is 0. The first kappa shape index (κ1) is 10.4. The van der Waals surface area contributed by atoms with E-state index in [1.165, 1.54) is 0 Å². The van der Waals surface area contributed by atoms with Crippen molar-refractivity contribution in [3.8, 4) is 0 Å². The lowest BCUT2D eigenvalue weighted by Gasteiger charge is -2.32. The van der Waals surface area contributed by atoms with Gasteiger partial charge in [0.1, 0.15) is 0 Å². The zero-order chi connectivity index (χ0) is 10.7. The van der Waals surface area contributed by atoms with Gasteiger partial charge in [0, 0.05) is 32.7 Å². The minimum Gasteiger partial charge on any atom is -0.381 e. The summed E-state index contributed by atoms with van der Waals surface area (Å²) < 4.78 is 1.80. The summed E-state index contributed by atoms with van der Waals surface area (Å²) in [6.45, 7) is 6.48. The Balaban J connectivity index is 1.74. The predicted octanol–water partition coefficient (Wildman–Crippen LogP) is -0.892. The van der Waals surface area contributed by atoms with Crippen molar-refractivity contribution < 1.29 is 0 Å². The van der Waals surface area contributed by atoms with Crippen LogP contribution in [0.2, 0.25) is 0 Å². The number of rotatable bonds is 3. The Labute approximate surface area is 89.6 Å². The molecule has 0 amide bonds. The van der Waals surface area contributed by atoms with Crippen molar-refractivity contribution in [2.75, 3.05) is 45.5 Å². The first-order valence-corrected chi connectivity index (χ1v) is 5.30. The summed E-state index contributed by atoms with van der Waals surface area (Å²) in [5, 5.41) is 7.68. The van der Waals surface area contributed by atoms with Crippen molar-refractivity contribution in [2.24, 2.45) is 0 Å². The van der Waals surface area contributed by atoms with Gasteiger partial charge >= 0.3 is 0 Å². The molecule has 1 fully saturated rings. The zero-order valence-corrected chi connectivity index (χ0v) is 9.13. The Morgan fingerprint density at radius 3 is 2.60 bits per heavy atom. The Morgan fingerprint density at radius 2 is 2.00 bits per heavy atom. The Morgan fingerprint density at radius 1 is 1.27 bits per heavy atom. The summed E-state index contributed by atoms with van der Waals surface area (Å²) in [5.74, 6) is 0.494. The summed E-state index contributed by atoms with van der Waals surface area (Å²) in [7, 11) is 2.16. The summed E-state index contributed by atoms with van der Waals surface area (Å²) >= 11 is 0. The van der Waals surface area contributed by atoms with Crippen molar-refractivity contribution in [1.82, 2.24) is 24.8 Å². The van der Waals surface area contributed by atoms with Gasteiger partial charge in [0.2, 0.25) is 0 Å². The van der Waals surface area contributed by atoms with Crippen LogP contribution >= 0.6 is 0 Å². The molecule has 0 spiro atoms. The Bertz CT molecular complexity index is 301. The Kier molecular flexibility index (Phi) is 3.17. The minimum atomic E-state index is 0.494. The summed E-state index contributed by atoms with van der Waals surface area (Å²) in [6.07, 6.45) is 1.77. The molecule has 0 aromatic carbocycles. The van der Waals surface area contributed by atoms with Crippen LogP contribution in [0, 0.1) is 0 Å². The molecule has 84 valence electrons. The average Bonchev–Trinajstić information content (AvgIpc) is 2.64. The van der Waals surface area contributed by atoms with Gasteiger partial charge in [-0.15, -0.1) is 5.10 Å². The smallest absolute Gasteiger partial charge is 0.165 e. The predicted molar refractivity (Wildman–Crippen MR) is 58.4 cm³/mol. The fourth-order valence-electron chi connectivity index (χ4n) is 1.74. The van der Waals surface area contributed by atoms with Crippen LogP contribution in [0.3, 0.4) is 0 Å². The zero-order valence-electron chi connectivity index (χ0n) is 9.13. The van der Waals surface area contributed by atoms with Crippen LogP contribution in [0.25, 0.3) is 0 Å². The molecule has 15 heavy (non-hydrogen) atoms. The first-order chi connectivity index (χ1) is 7.24. The highest BCUT2D eigenvalue weighted by Crippen LogP contribution is 2.00. The van der Waals surface area contributed by atoms with E-state index in [1.807, 2.05) is 0 Å². The van der Waals surface area contributed by atoms with Crippen LogP contribution in [0.4, 0.5) is 5.82 Å². The fourth-order valence-corrected chi connectivity index (χ4v) is 1.74. The topological polar surface area (TPSA) is 63.2 Å². The largest absolute Gasteiger partial charge is 0.381 e. The van der Waals surface area contributed by atoms with Crippen LogP contribution in [-0.2, 0) is 6.54 Å². The molecule has 0 radical (unpaired) electrons. The van der Waals surface area contributed by atoms with E-state index in [2.05, 4.69) is 27.2 Å². The third-order valence-electron chi connectivity index (χ3n) is 2.80. The molecule has 0 bridgehead atoms. The molecule has 6 nitrogen and oxygen atoms in total. The van der Waals surface area contributed by atoms with E-state index in [0.29, 0.717) is 5.82 Å². The molecule has 1 aromatic rings. The van der Waals surface area contributed by atoms with Crippen molar-refractivity contribution in [1.29, 1.82) is 0 Å². The van der Waals surface area contributed by atoms with Crippen LogP contribution in [0.5, 0.6) is 0 Å². The number of nitrogens with two attached hydrogens (primary N) is 1. The van der Waals surface area contributed by atoms with Crippen LogP contribution < -0.4 is 5.73 Å². The SMILES string of the molecule is CN1CCN(CCn2cc(N)nn2)CC1. The maximum atomic E-state index is 5.49. The van der Waals surface area contributed by atoms with E-state index < -0.39 is 0 Å². The maximum Gasteiger partial charge on any atom is 0.165 e. The summed E-state index contributed by atoms with van der Waals surface area (Å²) in [5.41, 5.74) is 5.49. The normalized spacial score (nSPS) is 19.5. The van der Waals surface area contributed by atoms with Crippen LogP contribution in [0.1, 0.15) is 0 Å². The highest BCUT2D eigenvalue weighted by Gasteiger charge is 2.13. The van der Waals surface area contributed by atoms with Crippen molar-refractivity contribution in [3.05, 3.63) is 6.20 Å². The number of likely N-dealkylation sites (N-methyl/N-ethyl adjacent to an activating group) is 1. The van der Waals surface area contributed by atoms with Gasteiger partial charge in [-0.1, -0.05) is 5.21 Å². The average molecular weight is 210 g/mol. The van der Waals surface area contributed by atoms with Crippen LogP contribution in [-0.4, -0.2) is 64.6 Å². The molecule has 6 heteroatoms. The molecule has 0 atom stereocenters. The standard InChI is InChI=1S/C9H18N6/c1-13-2-4-14(5-3-13)6-7-15-8-9(10)11-12-15/h8H,2-7,10H2,1H3. The molecule has 2 heterocycles. The highest BCUT2D eigenvalue weighted by molar-refractivity contribution is 5.19. The van der Waals surface area contributed by atoms with E-state index in [9.17, 15) is 0 Å². The molecule has 2 rings (SSSR count). The summed E-state index contributed by atoms with van der Waals surface area (Å²) in [4.78, 5) is 4.79. The quantitative estimate of drug-likeness (QED) is 0.701. The maximum absolute atomic E-state index is 5.49. The van der Waals surface area contributed by atoms with Crippen LogP contribution in [0.15, 0.2) is 6.20 Å². The van der Waals surface area contributed by atoms with Crippen molar-refractivity contribution >= 4 is 5.82 Å². The fraction of sp³-hybridized carbons (Fsp3) is 0.778. The lowest BCUT2D eigenvalue weighted by Crippen LogP contribution is -2.45. The lowest BCUT2D eigenvalue weighted by molar-refractivity contribution is 0.148. The van der Waals surface area contributed by atoms with Crippen molar-refractivity contribution in [3.63, 3.8) is 0 Å². The van der Waals surface area contributed by atoms with Gasteiger partial charge in [0.25, 0.3) is 0 Å². The molecule has 0 aliphatic carbocycles. The monoisotopic (exact) mass is 210 g/mol. The molecule has 0 unspecified atom stereocenters. The Hall–Kier alpha value is -1.14. The molecule has 1 aliphatic rings. The molecule has 2 N–H and O–H groups in total. The molecule has 1 aromatic heterocycles. The third kappa shape index (κ3) is 2.90. The second-order valence-corrected chi connectivity index (χ2v) is 4.05. The number of nitrogens with zero attached hydrogens (tertiary/aromatic N) is 5. The second-order valence-electron chi connectivity index (χ2n) is 4.05. The lowest BCUT2D eigenvalue weighted by atomic mass is 10.3.